The molecule has 2 aliphatic rings. The Morgan fingerprint density at radius 2 is 1.80 bits per heavy atom. The summed E-state index contributed by atoms with van der Waals surface area (Å²) < 4.78 is 16.7. The topological polar surface area (TPSA) is 148 Å². The number of nitrogens with one attached hydrogen (secondary N) is 1. The number of primary amides is 1. The van der Waals surface area contributed by atoms with Crippen LogP contribution in [0, 0.1) is 11.7 Å². The van der Waals surface area contributed by atoms with Crippen LogP contribution in [0.2, 0.25) is 5.02 Å². The first-order valence-corrected chi connectivity index (χ1v) is 13.2. The van der Waals surface area contributed by atoms with Gasteiger partial charge in [0.2, 0.25) is 11.8 Å². The van der Waals surface area contributed by atoms with E-state index in [4.69, 9.17) is 17.3 Å². The van der Waals surface area contributed by atoms with Crippen LogP contribution < -0.4 is 11.1 Å². The number of benzene rings is 3. The molecule has 0 radical (unpaired) electrons. The quantitative estimate of drug-likeness (QED) is 0.304. The van der Waals surface area contributed by atoms with Gasteiger partial charge >= 0.3 is 5.97 Å². The zero-order valence-corrected chi connectivity index (χ0v) is 22.1. The first-order chi connectivity index (χ1) is 19.6. The Morgan fingerprint density at radius 1 is 1.05 bits per heavy atom. The Hall–Kier alpha value is -4.77. The van der Waals surface area contributed by atoms with Crippen LogP contribution >= 0.6 is 11.6 Å². The number of carboxylic acid groups (broad SMARTS) is 1. The van der Waals surface area contributed by atoms with Crippen molar-refractivity contribution in [2.75, 3.05) is 5.32 Å². The molecule has 2 heterocycles. The minimum atomic E-state index is -1.19. The second kappa shape index (κ2) is 10.0. The summed E-state index contributed by atoms with van der Waals surface area (Å²) in [5.74, 6) is -3.48. The van der Waals surface area contributed by atoms with E-state index in [1.807, 2.05) is 0 Å². The summed E-state index contributed by atoms with van der Waals surface area (Å²) in [4.78, 5) is 51.8. The molecule has 1 aliphatic heterocycles. The van der Waals surface area contributed by atoms with Crippen molar-refractivity contribution < 1.29 is 28.7 Å². The summed E-state index contributed by atoms with van der Waals surface area (Å²) in [6.45, 7) is -0.306. The first kappa shape index (κ1) is 26.5. The summed E-state index contributed by atoms with van der Waals surface area (Å²) in [6, 6.07) is 14.5. The zero-order chi connectivity index (χ0) is 29.0. The molecule has 0 spiro atoms. The molecule has 10 nitrogen and oxygen atoms in total. The van der Waals surface area contributed by atoms with Crippen molar-refractivity contribution in [2.45, 2.75) is 31.5 Å². The fourth-order valence-electron chi connectivity index (χ4n) is 5.61. The van der Waals surface area contributed by atoms with E-state index in [0.29, 0.717) is 22.5 Å². The summed E-state index contributed by atoms with van der Waals surface area (Å²) in [7, 11) is 0. The van der Waals surface area contributed by atoms with Crippen LogP contribution in [0.3, 0.4) is 0 Å². The fourth-order valence-corrected chi connectivity index (χ4v) is 5.84. The number of hydrogen-bond donors (Lipinski definition) is 3. The van der Waals surface area contributed by atoms with Crippen molar-refractivity contribution in [1.82, 2.24) is 14.7 Å². The Labute approximate surface area is 237 Å². The van der Waals surface area contributed by atoms with Gasteiger partial charge in [0.25, 0.3) is 5.91 Å². The number of nitrogens with two attached hydrogens (primary N) is 1. The van der Waals surface area contributed by atoms with E-state index in [2.05, 4.69) is 10.4 Å². The van der Waals surface area contributed by atoms with Crippen molar-refractivity contribution in [3.63, 3.8) is 0 Å². The van der Waals surface area contributed by atoms with Crippen LogP contribution in [0.15, 0.2) is 60.7 Å². The number of hydrogen-bond acceptors (Lipinski definition) is 5. The van der Waals surface area contributed by atoms with Crippen molar-refractivity contribution in [3.05, 3.63) is 82.8 Å². The van der Waals surface area contributed by atoms with Crippen molar-refractivity contribution in [1.29, 1.82) is 0 Å². The molecule has 12 heteroatoms. The third-order valence-electron chi connectivity index (χ3n) is 7.63. The van der Waals surface area contributed by atoms with Crippen LogP contribution in [-0.2, 0) is 16.1 Å². The van der Waals surface area contributed by atoms with Crippen molar-refractivity contribution in [3.8, 4) is 11.1 Å². The van der Waals surface area contributed by atoms with E-state index in [1.165, 1.54) is 33.8 Å². The molecule has 3 atom stereocenters. The van der Waals surface area contributed by atoms with Crippen molar-refractivity contribution in [2.24, 2.45) is 11.7 Å². The lowest BCUT2D eigenvalue weighted by molar-refractivity contribution is -0.138. The normalized spacial score (nSPS) is 19.2. The largest absolute Gasteiger partial charge is 0.478 e. The molecular weight excluding hydrogens is 553 g/mol. The highest BCUT2D eigenvalue weighted by Gasteiger charge is 2.56. The molecule has 4 N–H and O–H groups in total. The van der Waals surface area contributed by atoms with Crippen LogP contribution in [0.1, 0.15) is 33.7 Å². The predicted octanol–water partition coefficient (Wildman–Crippen LogP) is 3.92. The smallest absolute Gasteiger partial charge is 0.335 e. The van der Waals surface area contributed by atoms with E-state index >= 15 is 4.39 Å². The Balaban J connectivity index is 1.25. The van der Waals surface area contributed by atoms with Crippen molar-refractivity contribution >= 4 is 51.9 Å². The average Bonchev–Trinajstić information content (AvgIpc) is 3.45. The van der Waals surface area contributed by atoms with Gasteiger partial charge in [-0.05, 0) is 49.1 Å². The predicted molar refractivity (Wildman–Crippen MR) is 148 cm³/mol. The van der Waals surface area contributed by atoms with E-state index in [0.717, 1.165) is 6.42 Å². The Morgan fingerprint density at radius 3 is 2.54 bits per heavy atom. The summed E-state index contributed by atoms with van der Waals surface area (Å²) in [5.41, 5.74) is 6.27. The molecule has 0 unspecified atom stereocenters. The highest BCUT2D eigenvalue weighted by Crippen LogP contribution is 2.48. The lowest BCUT2D eigenvalue weighted by Gasteiger charge is -2.27. The van der Waals surface area contributed by atoms with E-state index in [-0.39, 0.29) is 46.4 Å². The SMILES string of the molecule is NC(=O)c1nn(CC(=O)N2[C@H](C(=O)Nc3cccc(-c4ccccc4Cl)c3F)C[C@H]3C[C@@H]32)c2ccc(C(=O)O)cc12. The van der Waals surface area contributed by atoms with Crippen LogP contribution in [-0.4, -0.2) is 55.6 Å². The molecule has 1 saturated heterocycles. The molecule has 6 rings (SSSR count). The standard InChI is InChI=1S/C29H23ClFN5O5/c30-19-6-2-1-4-16(19)17-5-3-7-20(25(17)31)33-28(39)23-12-15-11-22(15)36(23)24(37)13-35-21-9-8-14(29(40)41)10-18(21)26(34-35)27(32)38/h1-10,15,22-23H,11-13H2,(H2,32,38)(H,33,39)(H,40,41)/t15-,22+,23+/m1/s1. The minimum absolute atomic E-state index is 0.0289. The molecule has 208 valence electrons. The van der Waals surface area contributed by atoms with Gasteiger partial charge in [-0.1, -0.05) is 41.9 Å². The number of halogens is 2. The second-order valence-electron chi connectivity index (χ2n) is 10.2. The molecule has 41 heavy (non-hydrogen) atoms. The number of anilines is 1. The first-order valence-electron chi connectivity index (χ1n) is 12.8. The van der Waals surface area contributed by atoms with Gasteiger partial charge in [0.1, 0.15) is 12.6 Å². The maximum atomic E-state index is 15.5. The van der Waals surface area contributed by atoms with Gasteiger partial charge in [0.15, 0.2) is 11.5 Å². The molecule has 3 amide bonds. The third-order valence-corrected chi connectivity index (χ3v) is 7.96. The Bertz CT molecular complexity index is 1770. The molecule has 4 aromatic rings. The molecular formula is C29H23ClFN5O5. The summed E-state index contributed by atoms with van der Waals surface area (Å²) in [5, 5.41) is 16.7. The summed E-state index contributed by atoms with van der Waals surface area (Å²) in [6.07, 6.45) is 1.18. The number of fused-ring (bicyclic) bond motifs is 2. The van der Waals surface area contributed by atoms with Crippen LogP contribution in [0.5, 0.6) is 0 Å². The second-order valence-corrected chi connectivity index (χ2v) is 10.6. The lowest BCUT2D eigenvalue weighted by atomic mass is 10.0. The monoisotopic (exact) mass is 575 g/mol. The maximum Gasteiger partial charge on any atom is 0.335 e. The number of nitrogens with zero attached hydrogens (tertiary/aromatic N) is 3. The number of likely N-dealkylation sites (tertiary alicyclic amines) is 1. The number of amides is 3. The number of carboxylic acids is 1. The number of aromatic nitrogens is 2. The van der Waals surface area contributed by atoms with E-state index in [9.17, 15) is 24.3 Å². The molecule has 2 fully saturated rings. The number of carbonyl (C=O) groups excluding carboxylic acids is 3. The van der Waals surface area contributed by atoms with E-state index in [1.54, 1.807) is 36.4 Å². The molecule has 0 bridgehead atoms. The third kappa shape index (κ3) is 4.67. The zero-order valence-electron chi connectivity index (χ0n) is 21.4. The van der Waals surface area contributed by atoms with Gasteiger partial charge in [0.05, 0.1) is 16.8 Å². The average molecular weight is 576 g/mol. The minimum Gasteiger partial charge on any atom is -0.478 e. The Kier molecular flexibility index (Phi) is 6.46. The van der Waals surface area contributed by atoms with Crippen LogP contribution in [0.25, 0.3) is 22.0 Å². The number of carbonyl (C=O) groups is 4. The van der Waals surface area contributed by atoms with Crippen LogP contribution in [0.4, 0.5) is 10.1 Å². The highest BCUT2D eigenvalue weighted by molar-refractivity contribution is 6.33. The highest BCUT2D eigenvalue weighted by atomic mass is 35.5. The van der Waals surface area contributed by atoms with Gasteiger partial charge in [-0.2, -0.15) is 5.10 Å². The van der Waals surface area contributed by atoms with Gasteiger partial charge in [-0.25, -0.2) is 9.18 Å². The van der Waals surface area contributed by atoms with Gasteiger partial charge < -0.3 is 21.1 Å². The number of aromatic carboxylic acids is 1. The van der Waals surface area contributed by atoms with Gasteiger partial charge in [-0.15, -0.1) is 0 Å². The van der Waals surface area contributed by atoms with E-state index < -0.39 is 35.5 Å². The molecule has 3 aromatic carbocycles. The molecule has 1 aromatic heterocycles. The summed E-state index contributed by atoms with van der Waals surface area (Å²) >= 11 is 6.25. The fraction of sp³-hybridized carbons (Fsp3) is 0.207. The maximum absolute atomic E-state index is 15.5. The number of rotatable bonds is 7. The number of piperidine rings is 1. The van der Waals surface area contributed by atoms with Gasteiger partial charge in [-0.3, -0.25) is 19.1 Å². The lowest BCUT2D eigenvalue weighted by Crippen LogP contribution is -2.46. The van der Waals surface area contributed by atoms with Gasteiger partial charge in [0, 0.05) is 27.6 Å². The molecule has 1 saturated carbocycles. The molecule has 1 aliphatic carbocycles.